The van der Waals surface area contributed by atoms with Crippen LogP contribution in [0.2, 0.25) is 5.02 Å². The number of esters is 1. The molecule has 0 saturated carbocycles. The third-order valence-corrected chi connectivity index (χ3v) is 4.62. The molecular formula is C20H21ClF3NO8. The average molecular weight is 496 g/mol. The quantitative estimate of drug-likeness (QED) is 0.223. The zero-order chi connectivity index (χ0) is 25.0. The zero-order valence-electron chi connectivity index (χ0n) is 18.0. The summed E-state index contributed by atoms with van der Waals surface area (Å²) in [4.78, 5) is 37.8. The van der Waals surface area contributed by atoms with E-state index in [0.717, 1.165) is 6.08 Å². The molecule has 0 amide bonds. The van der Waals surface area contributed by atoms with Gasteiger partial charge in [-0.3, -0.25) is 0 Å². The molecule has 2 atom stereocenters. The highest BCUT2D eigenvalue weighted by atomic mass is 35.5. The zero-order valence-corrected chi connectivity index (χ0v) is 18.8. The maximum absolute atomic E-state index is 13.6. The van der Waals surface area contributed by atoms with Gasteiger partial charge in [0.2, 0.25) is 12.9 Å². The van der Waals surface area contributed by atoms with Crippen LogP contribution in [0.4, 0.5) is 18.0 Å². The lowest BCUT2D eigenvalue weighted by Crippen LogP contribution is -2.41. The van der Waals surface area contributed by atoms with E-state index in [2.05, 4.69) is 24.4 Å². The van der Waals surface area contributed by atoms with E-state index >= 15 is 0 Å². The summed E-state index contributed by atoms with van der Waals surface area (Å²) in [7, 11) is 0. The fourth-order valence-electron chi connectivity index (χ4n) is 2.78. The smallest absolute Gasteiger partial charge is 0.475 e. The van der Waals surface area contributed by atoms with E-state index in [4.69, 9.17) is 16.3 Å². The first-order chi connectivity index (χ1) is 15.2. The van der Waals surface area contributed by atoms with Crippen LogP contribution >= 0.6 is 11.6 Å². The van der Waals surface area contributed by atoms with Gasteiger partial charge in [0.05, 0.1) is 5.57 Å². The van der Waals surface area contributed by atoms with Gasteiger partial charge in [0, 0.05) is 10.6 Å². The van der Waals surface area contributed by atoms with Gasteiger partial charge in [-0.25, -0.2) is 9.59 Å². The molecule has 0 bridgehead atoms. The third kappa shape index (κ3) is 6.98. The minimum absolute atomic E-state index is 0.0935. The molecule has 0 aromatic heterocycles. The van der Waals surface area contributed by atoms with Crippen LogP contribution in [0, 0.1) is 4.91 Å². The molecule has 0 saturated heterocycles. The second-order valence-corrected chi connectivity index (χ2v) is 8.41. The van der Waals surface area contributed by atoms with Crippen LogP contribution in [-0.2, 0) is 29.3 Å². The molecule has 33 heavy (non-hydrogen) atoms. The number of benzene rings is 1. The molecule has 0 N–H and O–H groups in total. The first-order valence-corrected chi connectivity index (χ1v) is 9.86. The number of hydrogen-bond acceptors (Lipinski definition) is 9. The first kappa shape index (κ1) is 26.2. The SMILES string of the molecule is CC(CON=O)OC(=O)OCOC(=O)C1=Cc2cc(Cl)c(C(C)(C)C)cc2O[C@@H]1C(F)(F)F. The van der Waals surface area contributed by atoms with Crippen molar-refractivity contribution in [1.29, 1.82) is 0 Å². The predicted molar refractivity (Wildman–Crippen MR) is 108 cm³/mol. The maximum Gasteiger partial charge on any atom is 0.511 e. The number of halogens is 4. The van der Waals surface area contributed by atoms with Crippen LogP contribution in [0.5, 0.6) is 5.75 Å². The van der Waals surface area contributed by atoms with Crippen LogP contribution in [0.15, 0.2) is 23.0 Å². The van der Waals surface area contributed by atoms with E-state index in [-0.39, 0.29) is 22.9 Å². The van der Waals surface area contributed by atoms with E-state index in [1.807, 2.05) is 20.8 Å². The van der Waals surface area contributed by atoms with Crippen LogP contribution in [0.25, 0.3) is 6.08 Å². The minimum Gasteiger partial charge on any atom is -0.475 e. The summed E-state index contributed by atoms with van der Waals surface area (Å²) in [6, 6.07) is 2.79. The number of carbonyl (C=O) groups excluding carboxylic acids is 2. The van der Waals surface area contributed by atoms with Crippen molar-refractivity contribution in [1.82, 2.24) is 0 Å². The highest BCUT2D eigenvalue weighted by Crippen LogP contribution is 2.42. The number of nitrogens with zero attached hydrogens (tertiary/aromatic N) is 1. The van der Waals surface area contributed by atoms with Crippen molar-refractivity contribution in [3.8, 4) is 5.75 Å². The largest absolute Gasteiger partial charge is 0.511 e. The van der Waals surface area contributed by atoms with Crippen molar-refractivity contribution in [2.24, 2.45) is 5.34 Å². The van der Waals surface area contributed by atoms with Crippen molar-refractivity contribution in [2.45, 2.75) is 51.5 Å². The normalized spacial score (nSPS) is 16.5. The Labute approximate surface area is 191 Å². The Kier molecular flexibility index (Phi) is 8.17. The Hall–Kier alpha value is -3.02. The second kappa shape index (κ2) is 10.3. The van der Waals surface area contributed by atoms with Gasteiger partial charge in [-0.1, -0.05) is 32.4 Å². The summed E-state index contributed by atoms with van der Waals surface area (Å²) in [5.74, 6) is -1.52. The molecule has 13 heteroatoms. The van der Waals surface area contributed by atoms with Crippen LogP contribution < -0.4 is 4.74 Å². The van der Waals surface area contributed by atoms with E-state index in [1.54, 1.807) is 0 Å². The minimum atomic E-state index is -4.94. The maximum atomic E-state index is 13.6. The topological polar surface area (TPSA) is 110 Å². The van der Waals surface area contributed by atoms with Gasteiger partial charge in [0.25, 0.3) is 0 Å². The molecule has 1 heterocycles. The molecule has 1 unspecified atom stereocenters. The average Bonchev–Trinajstić information content (AvgIpc) is 2.69. The fraction of sp³-hybridized carbons (Fsp3) is 0.500. The molecule has 1 aromatic rings. The van der Waals surface area contributed by atoms with E-state index in [1.165, 1.54) is 19.1 Å². The number of fused-ring (bicyclic) bond motifs is 1. The van der Waals surface area contributed by atoms with E-state index < -0.39 is 48.3 Å². The summed E-state index contributed by atoms with van der Waals surface area (Å²) in [6.07, 6.45) is -8.81. The van der Waals surface area contributed by atoms with Gasteiger partial charge in [-0.05, 0) is 36.1 Å². The van der Waals surface area contributed by atoms with Crippen LogP contribution in [-0.4, -0.2) is 43.9 Å². The molecule has 182 valence electrons. The first-order valence-electron chi connectivity index (χ1n) is 9.48. The second-order valence-electron chi connectivity index (χ2n) is 8.00. The lowest BCUT2D eigenvalue weighted by molar-refractivity contribution is -0.189. The molecule has 2 rings (SSSR count). The lowest BCUT2D eigenvalue weighted by atomic mass is 9.85. The van der Waals surface area contributed by atoms with Gasteiger partial charge in [-0.15, -0.1) is 4.91 Å². The van der Waals surface area contributed by atoms with Crippen molar-refractivity contribution in [3.63, 3.8) is 0 Å². The van der Waals surface area contributed by atoms with Crippen molar-refractivity contribution < 1.29 is 46.5 Å². The Balaban J connectivity index is 2.16. The van der Waals surface area contributed by atoms with Gasteiger partial charge in [0.1, 0.15) is 11.9 Å². The van der Waals surface area contributed by atoms with Crippen LogP contribution in [0.3, 0.4) is 0 Å². The molecule has 0 spiro atoms. The van der Waals surface area contributed by atoms with Crippen molar-refractivity contribution in [3.05, 3.63) is 38.8 Å². The number of carbonyl (C=O) groups is 2. The van der Waals surface area contributed by atoms with E-state index in [0.29, 0.717) is 5.56 Å². The van der Waals surface area contributed by atoms with Gasteiger partial charge < -0.3 is 23.8 Å². The van der Waals surface area contributed by atoms with Gasteiger partial charge in [0.15, 0.2) is 11.9 Å². The molecule has 9 nitrogen and oxygen atoms in total. The molecular weight excluding hydrogens is 475 g/mol. The van der Waals surface area contributed by atoms with E-state index in [9.17, 15) is 27.7 Å². The highest BCUT2D eigenvalue weighted by molar-refractivity contribution is 6.31. The van der Waals surface area contributed by atoms with Crippen molar-refractivity contribution >= 4 is 29.8 Å². The number of hydrogen-bond donors (Lipinski definition) is 0. The summed E-state index contributed by atoms with van der Waals surface area (Å²) in [6.45, 7) is 5.47. The summed E-state index contributed by atoms with van der Waals surface area (Å²) in [5, 5.41) is 2.40. The summed E-state index contributed by atoms with van der Waals surface area (Å²) >= 11 is 6.26. The number of ether oxygens (including phenoxy) is 4. The molecule has 0 fully saturated rings. The number of rotatable bonds is 7. The highest BCUT2D eigenvalue weighted by Gasteiger charge is 2.49. The number of alkyl halides is 3. The summed E-state index contributed by atoms with van der Waals surface area (Å²) in [5.41, 5.74) is -0.603. The summed E-state index contributed by atoms with van der Waals surface area (Å²) < 4.78 is 59.7. The third-order valence-electron chi connectivity index (χ3n) is 4.30. The van der Waals surface area contributed by atoms with Crippen LogP contribution in [0.1, 0.15) is 38.8 Å². The Morgan fingerprint density at radius 3 is 2.45 bits per heavy atom. The molecule has 1 aliphatic rings. The lowest BCUT2D eigenvalue weighted by Gasteiger charge is -2.30. The standard InChI is InChI=1S/C20H21ClF3NO8/c1-10(8-31-25-28)32-18(27)30-9-29-17(26)12-5-11-6-14(21)13(19(2,3)4)7-15(11)33-16(12)20(22,23)24/h5-7,10,16H,8-9H2,1-4H3/t10?,16-/m0/s1. The van der Waals surface area contributed by atoms with Crippen molar-refractivity contribution in [2.75, 3.05) is 13.4 Å². The molecule has 0 radical (unpaired) electrons. The molecule has 1 aromatic carbocycles. The van der Waals surface area contributed by atoms with Gasteiger partial charge in [-0.2, -0.15) is 13.2 Å². The Morgan fingerprint density at radius 2 is 1.88 bits per heavy atom. The monoisotopic (exact) mass is 495 g/mol. The Bertz CT molecular complexity index is 942. The molecule has 0 aliphatic carbocycles. The van der Waals surface area contributed by atoms with Gasteiger partial charge >= 0.3 is 18.3 Å². The molecule has 1 aliphatic heterocycles. The fourth-order valence-corrected chi connectivity index (χ4v) is 3.24. The Morgan fingerprint density at radius 1 is 1.21 bits per heavy atom. The predicted octanol–water partition coefficient (Wildman–Crippen LogP) is 5.08.